The average Bonchev–Trinajstić information content (AvgIpc) is 2.31. The number of ketones is 1. The van der Waals surface area contributed by atoms with Crippen molar-refractivity contribution < 1.29 is 18.0 Å². The summed E-state index contributed by atoms with van der Waals surface area (Å²) in [5, 5.41) is 6.41. The van der Waals surface area contributed by atoms with E-state index in [0.717, 1.165) is 6.20 Å². The average molecular weight is 193 g/mol. The second kappa shape index (κ2) is 3.15. The summed E-state index contributed by atoms with van der Waals surface area (Å²) in [5.74, 6) is -0.409. The largest absolute Gasteiger partial charge is 0.408 e. The summed E-state index contributed by atoms with van der Waals surface area (Å²) >= 11 is 0. The molecule has 0 radical (unpaired) electrons. The van der Waals surface area contributed by atoms with Crippen molar-refractivity contribution in [2.24, 2.45) is 0 Å². The van der Waals surface area contributed by atoms with Crippen LogP contribution >= 0.6 is 0 Å². The lowest BCUT2D eigenvalue weighted by Gasteiger charge is -2.03. The first-order valence-electron chi connectivity index (χ1n) is 3.36. The van der Waals surface area contributed by atoms with Gasteiger partial charge in [-0.25, -0.2) is 4.68 Å². The number of rotatable bonds is 2. The first kappa shape index (κ1) is 9.69. The van der Waals surface area contributed by atoms with E-state index in [9.17, 15) is 18.0 Å². The molecule has 0 spiro atoms. The van der Waals surface area contributed by atoms with Crippen molar-refractivity contribution in [3.05, 3.63) is 11.9 Å². The number of Topliss-reactive ketones (excluding diaryl/α,β-unsaturated/α-hetero) is 1. The van der Waals surface area contributed by atoms with E-state index in [2.05, 4.69) is 10.3 Å². The first-order valence-corrected chi connectivity index (χ1v) is 3.36. The summed E-state index contributed by atoms with van der Waals surface area (Å²) in [6.07, 6.45) is -3.38. The standard InChI is InChI=1S/C6H6F3N3O/c1-4(13)5-2-12(11-10-5)3-6(7,8)9/h2H,3H2,1H3. The van der Waals surface area contributed by atoms with E-state index in [1.807, 2.05) is 0 Å². The molecule has 0 unspecified atom stereocenters. The van der Waals surface area contributed by atoms with Gasteiger partial charge in [-0.05, 0) is 0 Å². The van der Waals surface area contributed by atoms with Crippen molar-refractivity contribution in [1.82, 2.24) is 15.0 Å². The number of aromatic nitrogens is 3. The number of nitrogens with zero attached hydrogens (tertiary/aromatic N) is 3. The lowest BCUT2D eigenvalue weighted by Crippen LogP contribution is -2.18. The fourth-order valence-electron chi connectivity index (χ4n) is 0.721. The third-order valence-electron chi connectivity index (χ3n) is 1.24. The summed E-state index contributed by atoms with van der Waals surface area (Å²) < 4.78 is 35.9. The molecular weight excluding hydrogens is 187 g/mol. The second-order valence-corrected chi connectivity index (χ2v) is 2.47. The summed E-state index contributed by atoms with van der Waals surface area (Å²) in [7, 11) is 0. The molecule has 1 aromatic rings. The monoisotopic (exact) mass is 193 g/mol. The van der Waals surface area contributed by atoms with Gasteiger partial charge in [0.05, 0.1) is 6.20 Å². The van der Waals surface area contributed by atoms with E-state index in [1.165, 1.54) is 6.92 Å². The Bertz CT molecular complexity index is 317. The highest BCUT2D eigenvalue weighted by Gasteiger charge is 2.28. The molecule has 0 atom stereocenters. The molecule has 0 amide bonds. The Morgan fingerprint density at radius 2 is 2.23 bits per heavy atom. The molecule has 13 heavy (non-hydrogen) atoms. The van der Waals surface area contributed by atoms with Crippen molar-refractivity contribution in [1.29, 1.82) is 0 Å². The van der Waals surface area contributed by atoms with Crippen LogP contribution in [0.1, 0.15) is 17.4 Å². The highest BCUT2D eigenvalue weighted by Crippen LogP contribution is 2.16. The van der Waals surface area contributed by atoms with Crippen molar-refractivity contribution in [2.45, 2.75) is 19.6 Å². The molecule has 1 rings (SSSR count). The maximum Gasteiger partial charge on any atom is 0.408 e. The van der Waals surface area contributed by atoms with Crippen LogP contribution in [0, 0.1) is 0 Å². The molecule has 0 saturated heterocycles. The lowest BCUT2D eigenvalue weighted by atomic mass is 10.3. The highest BCUT2D eigenvalue weighted by atomic mass is 19.4. The molecule has 0 fully saturated rings. The molecule has 0 aliphatic carbocycles. The minimum atomic E-state index is -4.35. The van der Waals surface area contributed by atoms with Gasteiger partial charge in [-0.2, -0.15) is 13.2 Å². The Kier molecular flexibility index (Phi) is 2.35. The van der Waals surface area contributed by atoms with E-state index in [0.29, 0.717) is 4.68 Å². The Labute approximate surface area is 71.3 Å². The molecule has 7 heteroatoms. The van der Waals surface area contributed by atoms with Crippen LogP contribution in [0.25, 0.3) is 0 Å². The van der Waals surface area contributed by atoms with E-state index in [1.54, 1.807) is 0 Å². The zero-order chi connectivity index (χ0) is 10.1. The van der Waals surface area contributed by atoms with Crippen molar-refractivity contribution in [3.8, 4) is 0 Å². The molecule has 0 aromatic carbocycles. The predicted octanol–water partition coefficient (Wildman–Crippen LogP) is 1.04. The zero-order valence-electron chi connectivity index (χ0n) is 6.67. The van der Waals surface area contributed by atoms with Crippen LogP contribution in [0.5, 0.6) is 0 Å². The van der Waals surface area contributed by atoms with Gasteiger partial charge in [0.25, 0.3) is 0 Å². The van der Waals surface area contributed by atoms with Crippen LogP contribution in [-0.4, -0.2) is 27.0 Å². The molecule has 0 N–H and O–H groups in total. The van der Waals surface area contributed by atoms with Gasteiger partial charge in [-0.1, -0.05) is 5.21 Å². The number of hydrogen-bond donors (Lipinski definition) is 0. The van der Waals surface area contributed by atoms with Gasteiger partial charge in [0.1, 0.15) is 12.2 Å². The van der Waals surface area contributed by atoms with Gasteiger partial charge in [0, 0.05) is 6.92 Å². The fourth-order valence-corrected chi connectivity index (χ4v) is 0.721. The van der Waals surface area contributed by atoms with Gasteiger partial charge in [-0.3, -0.25) is 4.79 Å². The topological polar surface area (TPSA) is 47.8 Å². The van der Waals surface area contributed by atoms with Crippen LogP contribution in [0.4, 0.5) is 13.2 Å². The number of alkyl halides is 3. The normalized spacial score (nSPS) is 11.7. The van der Waals surface area contributed by atoms with Gasteiger partial charge < -0.3 is 0 Å². The van der Waals surface area contributed by atoms with Crippen molar-refractivity contribution in [3.63, 3.8) is 0 Å². The maximum atomic E-state index is 11.8. The minimum absolute atomic E-state index is 0.0655. The van der Waals surface area contributed by atoms with Crippen LogP contribution in [-0.2, 0) is 6.54 Å². The molecule has 1 aromatic heterocycles. The summed E-state index contributed by atoms with van der Waals surface area (Å²) in [6.45, 7) is -0.0186. The Hall–Kier alpha value is -1.40. The van der Waals surface area contributed by atoms with Gasteiger partial charge >= 0.3 is 6.18 Å². The van der Waals surface area contributed by atoms with E-state index in [-0.39, 0.29) is 5.69 Å². The predicted molar refractivity (Wildman–Crippen MR) is 36.1 cm³/mol. The third kappa shape index (κ3) is 2.85. The van der Waals surface area contributed by atoms with Crippen LogP contribution in [0.2, 0.25) is 0 Å². The van der Waals surface area contributed by atoms with Crippen molar-refractivity contribution in [2.75, 3.05) is 0 Å². The number of carbonyl (C=O) groups excluding carboxylic acids is 1. The van der Waals surface area contributed by atoms with E-state index >= 15 is 0 Å². The minimum Gasteiger partial charge on any atom is -0.293 e. The summed E-state index contributed by atoms with van der Waals surface area (Å²) in [4.78, 5) is 10.6. The number of halogens is 3. The molecule has 1 heterocycles. The smallest absolute Gasteiger partial charge is 0.293 e. The summed E-state index contributed by atoms with van der Waals surface area (Å²) in [6, 6.07) is 0. The Morgan fingerprint density at radius 1 is 1.62 bits per heavy atom. The quantitative estimate of drug-likeness (QED) is 0.659. The summed E-state index contributed by atoms with van der Waals surface area (Å²) in [5.41, 5.74) is -0.0655. The molecule has 0 saturated carbocycles. The molecule has 0 aliphatic rings. The first-order chi connectivity index (χ1) is 5.88. The fraction of sp³-hybridized carbons (Fsp3) is 0.500. The molecule has 4 nitrogen and oxygen atoms in total. The van der Waals surface area contributed by atoms with E-state index < -0.39 is 18.5 Å². The van der Waals surface area contributed by atoms with Gasteiger partial charge in [0.15, 0.2) is 5.78 Å². The number of carbonyl (C=O) groups is 1. The Balaban J connectivity index is 2.75. The zero-order valence-corrected chi connectivity index (χ0v) is 6.67. The third-order valence-corrected chi connectivity index (χ3v) is 1.24. The SMILES string of the molecule is CC(=O)c1cn(CC(F)(F)F)nn1. The molecule has 0 aliphatic heterocycles. The molecule has 0 bridgehead atoms. The van der Waals surface area contributed by atoms with Gasteiger partial charge in [-0.15, -0.1) is 5.10 Å². The molecular formula is C6H6F3N3O. The highest BCUT2D eigenvalue weighted by molar-refractivity contribution is 5.91. The Morgan fingerprint density at radius 3 is 2.62 bits per heavy atom. The number of hydrogen-bond acceptors (Lipinski definition) is 3. The van der Waals surface area contributed by atoms with Crippen LogP contribution < -0.4 is 0 Å². The van der Waals surface area contributed by atoms with Crippen LogP contribution in [0.3, 0.4) is 0 Å². The van der Waals surface area contributed by atoms with E-state index in [4.69, 9.17) is 0 Å². The maximum absolute atomic E-state index is 11.8. The van der Waals surface area contributed by atoms with Crippen LogP contribution in [0.15, 0.2) is 6.20 Å². The lowest BCUT2D eigenvalue weighted by molar-refractivity contribution is -0.142. The van der Waals surface area contributed by atoms with Crippen molar-refractivity contribution >= 4 is 5.78 Å². The molecule has 72 valence electrons. The van der Waals surface area contributed by atoms with Gasteiger partial charge in [0.2, 0.25) is 0 Å². The second-order valence-electron chi connectivity index (χ2n) is 2.47.